The summed E-state index contributed by atoms with van der Waals surface area (Å²) in [5.74, 6) is 0. The molecular weight excluding hydrogens is 248 g/mol. The highest BCUT2D eigenvalue weighted by Gasteiger charge is 2.41. The van der Waals surface area contributed by atoms with E-state index in [4.69, 9.17) is 13.3 Å². The van der Waals surface area contributed by atoms with Gasteiger partial charge in [-0.15, -0.1) is 0 Å². The zero-order chi connectivity index (χ0) is 13.1. The van der Waals surface area contributed by atoms with Crippen molar-refractivity contribution in [2.75, 3.05) is 21.3 Å². The van der Waals surface area contributed by atoms with Gasteiger partial charge >= 0.3 is 8.80 Å². The van der Waals surface area contributed by atoms with Crippen LogP contribution < -0.4 is 10.4 Å². The van der Waals surface area contributed by atoms with E-state index in [1.807, 2.05) is 6.07 Å². The van der Waals surface area contributed by atoms with Crippen LogP contribution in [0, 0.1) is 0 Å². The fourth-order valence-corrected chi connectivity index (χ4v) is 4.95. The predicted octanol–water partition coefficient (Wildman–Crippen LogP) is 1.32. The van der Waals surface area contributed by atoms with Crippen molar-refractivity contribution >= 4 is 27.3 Å². The SMILES string of the molecule is CO[Si](OC)(OC)c1cccc([Si](C)(C)C)c1. The predicted molar refractivity (Wildman–Crippen MR) is 75.8 cm³/mol. The van der Waals surface area contributed by atoms with E-state index < -0.39 is 16.9 Å². The Kier molecular flexibility index (Phi) is 4.68. The minimum absolute atomic E-state index is 1.03. The molecule has 96 valence electrons. The summed E-state index contributed by atoms with van der Waals surface area (Å²) in [6, 6.07) is 8.43. The van der Waals surface area contributed by atoms with Gasteiger partial charge in [-0.05, 0) is 0 Å². The lowest BCUT2D eigenvalue weighted by molar-refractivity contribution is 0.140. The van der Waals surface area contributed by atoms with Gasteiger partial charge in [0, 0.05) is 26.5 Å². The molecule has 0 spiro atoms. The molecule has 0 radical (unpaired) electrons. The monoisotopic (exact) mass is 270 g/mol. The minimum atomic E-state index is -2.68. The van der Waals surface area contributed by atoms with E-state index in [1.54, 1.807) is 21.3 Å². The lowest BCUT2D eigenvalue weighted by atomic mass is 10.4. The van der Waals surface area contributed by atoms with Gasteiger partial charge in [0.2, 0.25) is 0 Å². The molecule has 0 aliphatic carbocycles. The quantitative estimate of drug-likeness (QED) is 0.755. The van der Waals surface area contributed by atoms with Crippen LogP contribution in [0.15, 0.2) is 24.3 Å². The number of rotatable bonds is 5. The standard InChI is InChI=1S/C12H22O3Si2/c1-13-17(14-2,15-3)12-9-7-8-11(10-12)16(4,5)6/h7-10H,1-6H3. The maximum atomic E-state index is 5.50. The Morgan fingerprint density at radius 3 is 1.71 bits per heavy atom. The summed E-state index contributed by atoms with van der Waals surface area (Å²) in [7, 11) is 0.910. The molecule has 1 rings (SSSR count). The van der Waals surface area contributed by atoms with Crippen molar-refractivity contribution in [3.8, 4) is 0 Å². The maximum absolute atomic E-state index is 5.50. The fourth-order valence-electron chi connectivity index (χ4n) is 1.78. The fraction of sp³-hybridized carbons (Fsp3) is 0.500. The van der Waals surface area contributed by atoms with E-state index in [1.165, 1.54) is 5.19 Å². The summed E-state index contributed by atoms with van der Waals surface area (Å²) >= 11 is 0. The molecule has 17 heavy (non-hydrogen) atoms. The van der Waals surface area contributed by atoms with Gasteiger partial charge in [-0.3, -0.25) is 0 Å². The second kappa shape index (κ2) is 5.45. The first-order chi connectivity index (χ1) is 7.89. The molecule has 0 amide bonds. The molecule has 0 fully saturated rings. The van der Waals surface area contributed by atoms with Crippen LogP contribution in [0.3, 0.4) is 0 Å². The Morgan fingerprint density at radius 1 is 0.824 bits per heavy atom. The highest BCUT2D eigenvalue weighted by Crippen LogP contribution is 2.08. The first-order valence-electron chi connectivity index (χ1n) is 5.66. The van der Waals surface area contributed by atoms with Gasteiger partial charge in [0.25, 0.3) is 0 Å². The molecule has 5 heteroatoms. The summed E-state index contributed by atoms with van der Waals surface area (Å²) in [5, 5.41) is 2.42. The topological polar surface area (TPSA) is 27.7 Å². The largest absolute Gasteiger partial charge is 0.536 e. The highest BCUT2D eigenvalue weighted by molar-refractivity contribution is 6.89. The van der Waals surface area contributed by atoms with Gasteiger partial charge in [0.15, 0.2) is 0 Å². The van der Waals surface area contributed by atoms with Crippen LogP contribution >= 0.6 is 0 Å². The molecule has 0 aliphatic heterocycles. The molecule has 0 heterocycles. The minimum Gasteiger partial charge on any atom is -0.373 e. The van der Waals surface area contributed by atoms with Crippen molar-refractivity contribution in [1.82, 2.24) is 0 Å². The van der Waals surface area contributed by atoms with Crippen molar-refractivity contribution in [3.63, 3.8) is 0 Å². The molecule has 3 nitrogen and oxygen atoms in total. The number of hydrogen-bond acceptors (Lipinski definition) is 3. The molecule has 0 saturated heterocycles. The Balaban J connectivity index is 3.23. The summed E-state index contributed by atoms with van der Waals surface area (Å²) in [6.07, 6.45) is 0. The second-order valence-electron chi connectivity index (χ2n) is 5.00. The van der Waals surface area contributed by atoms with Gasteiger partial charge in [-0.1, -0.05) is 49.1 Å². The van der Waals surface area contributed by atoms with Crippen molar-refractivity contribution in [2.45, 2.75) is 19.6 Å². The molecule has 0 aliphatic rings. The third-order valence-corrected chi connectivity index (χ3v) is 7.56. The van der Waals surface area contributed by atoms with Crippen LogP contribution in [-0.4, -0.2) is 38.2 Å². The van der Waals surface area contributed by atoms with Crippen LogP contribution in [0.2, 0.25) is 19.6 Å². The zero-order valence-corrected chi connectivity index (χ0v) is 13.5. The van der Waals surface area contributed by atoms with E-state index in [-0.39, 0.29) is 0 Å². The molecule has 0 bridgehead atoms. The van der Waals surface area contributed by atoms with E-state index in [9.17, 15) is 0 Å². The van der Waals surface area contributed by atoms with Crippen molar-refractivity contribution < 1.29 is 13.3 Å². The Hall–Kier alpha value is -0.466. The van der Waals surface area contributed by atoms with Gasteiger partial charge < -0.3 is 13.3 Å². The summed E-state index contributed by atoms with van der Waals surface area (Å²) in [4.78, 5) is 0. The summed E-state index contributed by atoms with van der Waals surface area (Å²) in [5.41, 5.74) is 0. The third kappa shape index (κ3) is 3.05. The van der Waals surface area contributed by atoms with Gasteiger partial charge in [-0.2, -0.15) is 0 Å². The highest BCUT2D eigenvalue weighted by atomic mass is 28.4. The Morgan fingerprint density at radius 2 is 1.29 bits per heavy atom. The second-order valence-corrected chi connectivity index (χ2v) is 13.0. The van der Waals surface area contributed by atoms with E-state index in [0.717, 1.165) is 5.19 Å². The lowest BCUT2D eigenvalue weighted by Crippen LogP contribution is -2.56. The summed E-state index contributed by atoms with van der Waals surface area (Å²) in [6.45, 7) is 6.96. The maximum Gasteiger partial charge on any atom is 0.536 e. The normalized spacial score (nSPS) is 12.8. The van der Waals surface area contributed by atoms with Gasteiger partial charge in [0.1, 0.15) is 0 Å². The molecule has 0 aromatic heterocycles. The van der Waals surface area contributed by atoms with Crippen molar-refractivity contribution in [3.05, 3.63) is 24.3 Å². The van der Waals surface area contributed by atoms with Crippen molar-refractivity contribution in [2.24, 2.45) is 0 Å². The summed E-state index contributed by atoms with van der Waals surface area (Å²) < 4.78 is 16.5. The first-order valence-corrected chi connectivity index (χ1v) is 10.9. The molecule has 0 atom stereocenters. The van der Waals surface area contributed by atoms with Gasteiger partial charge in [0.05, 0.1) is 8.07 Å². The van der Waals surface area contributed by atoms with E-state index in [2.05, 4.69) is 37.8 Å². The molecule has 0 unspecified atom stereocenters. The molecule has 0 saturated carbocycles. The van der Waals surface area contributed by atoms with Crippen LogP contribution in [0.4, 0.5) is 0 Å². The smallest absolute Gasteiger partial charge is 0.373 e. The first kappa shape index (κ1) is 14.6. The van der Waals surface area contributed by atoms with Crippen LogP contribution in [0.5, 0.6) is 0 Å². The van der Waals surface area contributed by atoms with Crippen LogP contribution in [-0.2, 0) is 13.3 Å². The zero-order valence-electron chi connectivity index (χ0n) is 11.5. The van der Waals surface area contributed by atoms with Gasteiger partial charge in [-0.25, -0.2) is 0 Å². The van der Waals surface area contributed by atoms with E-state index in [0.29, 0.717) is 0 Å². The lowest BCUT2D eigenvalue weighted by Gasteiger charge is -2.26. The number of hydrogen-bond donors (Lipinski definition) is 0. The molecular formula is C12H22O3Si2. The Bertz CT molecular complexity index is 362. The van der Waals surface area contributed by atoms with E-state index >= 15 is 0 Å². The molecule has 1 aromatic rings. The van der Waals surface area contributed by atoms with Crippen LogP contribution in [0.25, 0.3) is 0 Å². The average molecular weight is 270 g/mol. The average Bonchev–Trinajstić information content (AvgIpc) is 2.31. The molecule has 1 aromatic carbocycles. The Labute approximate surface area is 106 Å². The van der Waals surface area contributed by atoms with Crippen LogP contribution in [0.1, 0.15) is 0 Å². The number of benzene rings is 1. The third-order valence-electron chi connectivity index (χ3n) is 2.89. The molecule has 0 N–H and O–H groups in total. The van der Waals surface area contributed by atoms with Crippen molar-refractivity contribution in [1.29, 1.82) is 0 Å².